The number of carbonyl (C=O) groups excluding carboxylic acids is 2. The zero-order chi connectivity index (χ0) is 13.2. The number of likely N-dealkylation sites (tertiary alicyclic amines) is 1. The van der Waals surface area contributed by atoms with Crippen LogP contribution < -0.4 is 5.32 Å². The van der Waals surface area contributed by atoms with Crippen LogP contribution in [0.4, 0.5) is 0 Å². The van der Waals surface area contributed by atoms with Crippen LogP contribution in [0.15, 0.2) is 0 Å². The van der Waals surface area contributed by atoms with Crippen molar-refractivity contribution in [3.05, 3.63) is 0 Å². The summed E-state index contributed by atoms with van der Waals surface area (Å²) in [6.45, 7) is 2.45. The summed E-state index contributed by atoms with van der Waals surface area (Å²) in [4.78, 5) is 25.7. The van der Waals surface area contributed by atoms with Gasteiger partial charge in [-0.25, -0.2) is 0 Å². The Morgan fingerprint density at radius 1 is 1.11 bits per heavy atom. The van der Waals surface area contributed by atoms with Crippen LogP contribution in [0.5, 0.6) is 0 Å². The van der Waals surface area contributed by atoms with Crippen LogP contribution in [0.3, 0.4) is 0 Å². The second-order valence-corrected chi connectivity index (χ2v) is 6.42. The van der Waals surface area contributed by atoms with Crippen LogP contribution in [-0.4, -0.2) is 36.3 Å². The molecule has 4 nitrogen and oxygen atoms in total. The highest BCUT2D eigenvalue weighted by atomic mass is 16.2. The van der Waals surface area contributed by atoms with Crippen molar-refractivity contribution in [3.63, 3.8) is 0 Å². The highest BCUT2D eigenvalue weighted by molar-refractivity contribution is 5.83. The van der Waals surface area contributed by atoms with Crippen LogP contribution in [0.25, 0.3) is 0 Å². The number of hydrogen-bond acceptors (Lipinski definition) is 2. The quantitative estimate of drug-likeness (QED) is 0.781. The first-order valence-electron chi connectivity index (χ1n) is 7.79. The van der Waals surface area contributed by atoms with E-state index in [4.69, 9.17) is 0 Å². The van der Waals surface area contributed by atoms with E-state index in [9.17, 15) is 9.59 Å². The molecule has 1 saturated carbocycles. The van der Waals surface area contributed by atoms with Gasteiger partial charge in [-0.05, 0) is 31.1 Å². The largest absolute Gasteiger partial charge is 0.355 e. The Bertz CT molecular complexity index is 359. The lowest BCUT2D eigenvalue weighted by Gasteiger charge is -2.42. The molecule has 2 saturated heterocycles. The molecule has 3 rings (SSSR count). The third-order valence-electron chi connectivity index (χ3n) is 5.22. The maximum atomic E-state index is 12.5. The summed E-state index contributed by atoms with van der Waals surface area (Å²) in [5.74, 6) is 2.00. The topological polar surface area (TPSA) is 49.4 Å². The maximum absolute atomic E-state index is 12.5. The minimum atomic E-state index is 0.0258. The fourth-order valence-corrected chi connectivity index (χ4v) is 4.00. The number of amides is 2. The normalized spacial score (nSPS) is 35.5. The van der Waals surface area contributed by atoms with Crippen molar-refractivity contribution in [2.75, 3.05) is 19.6 Å². The molecular weight excluding hydrogens is 240 g/mol. The number of rotatable bonds is 1. The second-order valence-electron chi connectivity index (χ2n) is 6.42. The molecule has 0 aromatic carbocycles. The molecule has 2 amide bonds. The molecule has 3 atom stereocenters. The summed E-state index contributed by atoms with van der Waals surface area (Å²) in [6, 6.07) is 0. The van der Waals surface area contributed by atoms with E-state index in [0.29, 0.717) is 13.0 Å². The van der Waals surface area contributed by atoms with Gasteiger partial charge in [-0.1, -0.05) is 19.3 Å². The van der Waals surface area contributed by atoms with Gasteiger partial charge in [0.2, 0.25) is 11.8 Å². The van der Waals surface area contributed by atoms with E-state index in [2.05, 4.69) is 10.2 Å². The first kappa shape index (κ1) is 12.9. The molecule has 3 fully saturated rings. The Hall–Kier alpha value is -1.06. The standard InChI is InChI=1S/C15H24N2O2/c18-14-6-5-12(9-16-14)15(19)17-8-7-11-3-1-2-4-13(11)10-17/h11-13H,1-10H2,(H,16,18). The number of nitrogens with zero attached hydrogens (tertiary/aromatic N) is 1. The van der Waals surface area contributed by atoms with Crippen molar-refractivity contribution < 1.29 is 9.59 Å². The number of piperidine rings is 2. The monoisotopic (exact) mass is 264 g/mol. The Morgan fingerprint density at radius 3 is 2.63 bits per heavy atom. The molecule has 0 spiro atoms. The van der Waals surface area contributed by atoms with E-state index in [0.717, 1.165) is 31.3 Å². The van der Waals surface area contributed by atoms with E-state index in [1.54, 1.807) is 0 Å². The van der Waals surface area contributed by atoms with Crippen LogP contribution in [0, 0.1) is 17.8 Å². The Morgan fingerprint density at radius 2 is 1.89 bits per heavy atom. The van der Waals surface area contributed by atoms with Crippen LogP contribution in [0.2, 0.25) is 0 Å². The van der Waals surface area contributed by atoms with E-state index >= 15 is 0 Å². The molecule has 3 unspecified atom stereocenters. The smallest absolute Gasteiger partial charge is 0.227 e. The average molecular weight is 264 g/mol. The molecule has 3 aliphatic rings. The van der Waals surface area contributed by atoms with Gasteiger partial charge < -0.3 is 10.2 Å². The number of hydrogen-bond donors (Lipinski definition) is 1. The van der Waals surface area contributed by atoms with Gasteiger partial charge in [-0.3, -0.25) is 9.59 Å². The lowest BCUT2D eigenvalue weighted by molar-refractivity contribution is -0.140. The van der Waals surface area contributed by atoms with E-state index in [-0.39, 0.29) is 17.7 Å². The Labute approximate surface area is 114 Å². The van der Waals surface area contributed by atoms with Crippen molar-refractivity contribution in [1.82, 2.24) is 10.2 Å². The van der Waals surface area contributed by atoms with E-state index in [1.165, 1.54) is 32.1 Å². The summed E-state index contributed by atoms with van der Waals surface area (Å²) < 4.78 is 0. The molecule has 0 bridgehead atoms. The first-order valence-corrected chi connectivity index (χ1v) is 7.79. The molecule has 106 valence electrons. The van der Waals surface area contributed by atoms with Gasteiger partial charge in [0.1, 0.15) is 0 Å². The van der Waals surface area contributed by atoms with Gasteiger partial charge in [0.25, 0.3) is 0 Å². The number of fused-ring (bicyclic) bond motifs is 1. The first-order chi connectivity index (χ1) is 9.24. The van der Waals surface area contributed by atoms with Crippen LogP contribution >= 0.6 is 0 Å². The van der Waals surface area contributed by atoms with Gasteiger partial charge in [0, 0.05) is 26.1 Å². The third-order valence-corrected chi connectivity index (χ3v) is 5.22. The van der Waals surface area contributed by atoms with Gasteiger partial charge in [0.05, 0.1) is 5.92 Å². The highest BCUT2D eigenvalue weighted by Gasteiger charge is 2.35. The lowest BCUT2D eigenvalue weighted by Crippen LogP contribution is -2.50. The fourth-order valence-electron chi connectivity index (χ4n) is 4.00. The molecule has 0 radical (unpaired) electrons. The van der Waals surface area contributed by atoms with Gasteiger partial charge in [0.15, 0.2) is 0 Å². The van der Waals surface area contributed by atoms with Gasteiger partial charge in [-0.2, -0.15) is 0 Å². The summed E-state index contributed by atoms with van der Waals surface area (Å²) in [7, 11) is 0. The van der Waals surface area contributed by atoms with E-state index in [1.807, 2.05) is 0 Å². The molecule has 1 N–H and O–H groups in total. The van der Waals surface area contributed by atoms with Gasteiger partial charge in [-0.15, -0.1) is 0 Å². The summed E-state index contributed by atoms with van der Waals surface area (Å²) in [5, 5.41) is 2.82. The van der Waals surface area contributed by atoms with Crippen molar-refractivity contribution in [1.29, 1.82) is 0 Å². The van der Waals surface area contributed by atoms with Crippen LogP contribution in [0.1, 0.15) is 44.9 Å². The lowest BCUT2D eigenvalue weighted by atomic mass is 9.75. The van der Waals surface area contributed by atoms with Crippen molar-refractivity contribution >= 4 is 11.8 Å². The predicted molar refractivity (Wildman–Crippen MR) is 72.4 cm³/mol. The minimum absolute atomic E-state index is 0.0258. The van der Waals surface area contributed by atoms with Gasteiger partial charge >= 0.3 is 0 Å². The fraction of sp³-hybridized carbons (Fsp3) is 0.867. The predicted octanol–water partition coefficient (Wildman–Crippen LogP) is 1.55. The Balaban J connectivity index is 1.57. The SMILES string of the molecule is O=C1CCC(C(=O)N2CCC3CCCCC3C2)CN1. The molecule has 2 aliphatic heterocycles. The van der Waals surface area contributed by atoms with E-state index < -0.39 is 0 Å². The molecule has 4 heteroatoms. The molecule has 19 heavy (non-hydrogen) atoms. The Kier molecular flexibility index (Phi) is 3.76. The van der Waals surface area contributed by atoms with Crippen molar-refractivity contribution in [2.45, 2.75) is 44.9 Å². The third kappa shape index (κ3) is 2.77. The summed E-state index contributed by atoms with van der Waals surface area (Å²) in [5.41, 5.74) is 0. The van der Waals surface area contributed by atoms with Crippen molar-refractivity contribution in [2.24, 2.45) is 17.8 Å². The minimum Gasteiger partial charge on any atom is -0.355 e. The summed E-state index contributed by atoms with van der Waals surface area (Å²) in [6.07, 6.45) is 7.82. The second kappa shape index (κ2) is 5.51. The number of nitrogens with one attached hydrogen (secondary N) is 1. The number of carbonyl (C=O) groups is 2. The zero-order valence-electron chi connectivity index (χ0n) is 11.6. The molecular formula is C15H24N2O2. The maximum Gasteiger partial charge on any atom is 0.227 e. The van der Waals surface area contributed by atoms with Crippen LogP contribution in [-0.2, 0) is 9.59 Å². The molecule has 0 aromatic rings. The molecule has 1 aliphatic carbocycles. The molecule has 2 heterocycles. The highest BCUT2D eigenvalue weighted by Crippen LogP contribution is 2.36. The average Bonchev–Trinajstić information content (AvgIpc) is 2.47. The molecule has 0 aromatic heterocycles. The zero-order valence-corrected chi connectivity index (χ0v) is 11.6. The van der Waals surface area contributed by atoms with Crippen molar-refractivity contribution in [3.8, 4) is 0 Å². The summed E-state index contributed by atoms with van der Waals surface area (Å²) >= 11 is 0.